The average molecular weight is 240 g/mol. The molecule has 1 unspecified atom stereocenters. The van der Waals surface area contributed by atoms with Gasteiger partial charge in [-0.25, -0.2) is 4.79 Å². The average Bonchev–Trinajstić information content (AvgIpc) is 2.98. The van der Waals surface area contributed by atoms with Crippen LogP contribution in [0.5, 0.6) is 0 Å². The molecular formula is C12H20N2O3. The molecule has 5 heteroatoms. The molecule has 17 heavy (non-hydrogen) atoms. The van der Waals surface area contributed by atoms with E-state index in [1.165, 1.54) is 12.8 Å². The fourth-order valence-electron chi connectivity index (χ4n) is 2.31. The quantitative estimate of drug-likeness (QED) is 0.807. The van der Waals surface area contributed by atoms with E-state index >= 15 is 0 Å². The molecule has 0 spiro atoms. The van der Waals surface area contributed by atoms with Gasteiger partial charge in [-0.1, -0.05) is 0 Å². The maximum atomic E-state index is 12.1. The van der Waals surface area contributed by atoms with E-state index in [4.69, 9.17) is 5.11 Å². The summed E-state index contributed by atoms with van der Waals surface area (Å²) in [5, 5.41) is 9.11. The number of rotatable bonds is 3. The van der Waals surface area contributed by atoms with Gasteiger partial charge in [0.05, 0.1) is 5.41 Å². The van der Waals surface area contributed by atoms with Crippen LogP contribution in [0.1, 0.15) is 26.2 Å². The van der Waals surface area contributed by atoms with Gasteiger partial charge < -0.3 is 14.9 Å². The van der Waals surface area contributed by atoms with Crippen molar-refractivity contribution in [2.24, 2.45) is 11.3 Å². The van der Waals surface area contributed by atoms with E-state index in [2.05, 4.69) is 0 Å². The Labute approximate surface area is 101 Å². The number of likely N-dealkylation sites (tertiary alicyclic amines) is 1. The van der Waals surface area contributed by atoms with Crippen LogP contribution in [0.25, 0.3) is 0 Å². The number of carboxylic acids is 1. The highest BCUT2D eigenvalue weighted by Gasteiger charge is 2.43. The number of carbonyl (C=O) groups is 2. The largest absolute Gasteiger partial charge is 0.481 e. The van der Waals surface area contributed by atoms with Gasteiger partial charge in [0.15, 0.2) is 0 Å². The molecule has 2 rings (SSSR count). The van der Waals surface area contributed by atoms with Crippen molar-refractivity contribution < 1.29 is 14.7 Å². The lowest BCUT2D eigenvalue weighted by atomic mass is 9.90. The minimum atomic E-state index is -0.808. The van der Waals surface area contributed by atoms with Gasteiger partial charge in [0.25, 0.3) is 0 Å². The monoisotopic (exact) mass is 240 g/mol. The zero-order valence-electron chi connectivity index (χ0n) is 10.5. The summed E-state index contributed by atoms with van der Waals surface area (Å²) in [5.41, 5.74) is -0.768. The molecule has 0 aromatic heterocycles. The summed E-state index contributed by atoms with van der Waals surface area (Å²) in [6.45, 7) is 3.40. The summed E-state index contributed by atoms with van der Waals surface area (Å²) >= 11 is 0. The third kappa shape index (κ3) is 2.53. The van der Waals surface area contributed by atoms with Crippen molar-refractivity contribution in [2.75, 3.05) is 26.7 Å². The van der Waals surface area contributed by atoms with E-state index in [1.807, 2.05) is 0 Å². The fraction of sp³-hybridized carbons (Fsp3) is 0.833. The molecular weight excluding hydrogens is 220 g/mol. The normalized spacial score (nSPS) is 28.2. The summed E-state index contributed by atoms with van der Waals surface area (Å²) < 4.78 is 0. The van der Waals surface area contributed by atoms with Crippen molar-refractivity contribution in [3.05, 3.63) is 0 Å². The van der Waals surface area contributed by atoms with Crippen LogP contribution in [0.3, 0.4) is 0 Å². The molecule has 96 valence electrons. The topological polar surface area (TPSA) is 60.9 Å². The molecule has 0 radical (unpaired) electrons. The Bertz CT molecular complexity index is 341. The van der Waals surface area contributed by atoms with Gasteiger partial charge >= 0.3 is 12.0 Å². The van der Waals surface area contributed by atoms with E-state index in [0.29, 0.717) is 25.4 Å². The van der Waals surface area contributed by atoms with Gasteiger partial charge in [-0.3, -0.25) is 4.79 Å². The molecule has 1 aliphatic heterocycles. The second-order valence-electron chi connectivity index (χ2n) is 5.64. The van der Waals surface area contributed by atoms with Crippen LogP contribution in [0.15, 0.2) is 0 Å². The van der Waals surface area contributed by atoms with Crippen LogP contribution in [0, 0.1) is 11.3 Å². The highest BCUT2D eigenvalue weighted by Crippen LogP contribution is 2.32. The SMILES string of the molecule is CN(CC1CC1)C(=O)N1CCC(C)(C(=O)O)C1. The maximum Gasteiger partial charge on any atom is 0.319 e. The number of nitrogens with zero attached hydrogens (tertiary/aromatic N) is 2. The van der Waals surface area contributed by atoms with Gasteiger partial charge in [-0.2, -0.15) is 0 Å². The predicted molar refractivity (Wildman–Crippen MR) is 62.7 cm³/mol. The first-order valence-electron chi connectivity index (χ1n) is 6.16. The Balaban J connectivity index is 1.90. The molecule has 0 aromatic carbocycles. The second-order valence-corrected chi connectivity index (χ2v) is 5.64. The summed E-state index contributed by atoms with van der Waals surface area (Å²) in [6, 6.07) is -0.0260. The van der Waals surface area contributed by atoms with E-state index in [9.17, 15) is 9.59 Å². The van der Waals surface area contributed by atoms with Crippen molar-refractivity contribution in [3.63, 3.8) is 0 Å². The molecule has 5 nitrogen and oxygen atoms in total. The Kier molecular flexibility index (Phi) is 3.02. The summed E-state index contributed by atoms with van der Waals surface area (Å²) in [5.74, 6) is -0.143. The molecule has 1 heterocycles. The first kappa shape index (κ1) is 12.2. The lowest BCUT2D eigenvalue weighted by Crippen LogP contribution is -2.42. The third-order valence-electron chi connectivity index (χ3n) is 3.82. The summed E-state index contributed by atoms with van der Waals surface area (Å²) in [4.78, 5) is 26.6. The molecule has 0 bridgehead atoms. The number of aliphatic carboxylic acids is 1. The number of carboxylic acid groups (broad SMARTS) is 1. The Hall–Kier alpha value is -1.26. The number of hydrogen-bond acceptors (Lipinski definition) is 2. The zero-order valence-corrected chi connectivity index (χ0v) is 10.5. The van der Waals surface area contributed by atoms with E-state index < -0.39 is 11.4 Å². The number of urea groups is 1. The fourth-order valence-corrected chi connectivity index (χ4v) is 2.31. The number of amides is 2. The predicted octanol–water partition coefficient (Wildman–Crippen LogP) is 1.24. The Morgan fingerprint density at radius 1 is 1.47 bits per heavy atom. The zero-order chi connectivity index (χ0) is 12.6. The van der Waals surface area contributed by atoms with Crippen LogP contribution in [0.4, 0.5) is 4.79 Å². The standard InChI is InChI=1S/C12H20N2O3/c1-12(10(15)16)5-6-14(8-12)11(17)13(2)7-9-3-4-9/h9H,3-8H2,1-2H3,(H,15,16). The number of hydrogen-bond donors (Lipinski definition) is 1. The maximum absolute atomic E-state index is 12.1. The molecule has 0 aromatic rings. The minimum Gasteiger partial charge on any atom is -0.481 e. The molecule has 1 saturated carbocycles. The molecule has 1 N–H and O–H groups in total. The first-order chi connectivity index (χ1) is 7.92. The number of carbonyl (C=O) groups excluding carboxylic acids is 1. The van der Waals surface area contributed by atoms with Gasteiger partial charge in [0.2, 0.25) is 0 Å². The lowest BCUT2D eigenvalue weighted by Gasteiger charge is -2.25. The highest BCUT2D eigenvalue weighted by atomic mass is 16.4. The van der Waals surface area contributed by atoms with Crippen molar-refractivity contribution in [1.29, 1.82) is 0 Å². The Morgan fingerprint density at radius 3 is 2.59 bits per heavy atom. The van der Waals surface area contributed by atoms with Crippen LogP contribution in [-0.4, -0.2) is 53.6 Å². The molecule has 1 aliphatic carbocycles. The van der Waals surface area contributed by atoms with Crippen molar-refractivity contribution in [3.8, 4) is 0 Å². The van der Waals surface area contributed by atoms with E-state index in [1.54, 1.807) is 23.8 Å². The second kappa shape index (κ2) is 4.20. The van der Waals surface area contributed by atoms with Gasteiger partial charge in [-0.05, 0) is 32.1 Å². The molecule has 1 atom stereocenters. The van der Waals surface area contributed by atoms with Gasteiger partial charge in [-0.15, -0.1) is 0 Å². The Morgan fingerprint density at radius 2 is 2.12 bits per heavy atom. The van der Waals surface area contributed by atoms with Crippen molar-refractivity contribution in [1.82, 2.24) is 9.80 Å². The van der Waals surface area contributed by atoms with Crippen molar-refractivity contribution >= 4 is 12.0 Å². The molecule has 2 aliphatic rings. The van der Waals surface area contributed by atoms with Crippen molar-refractivity contribution in [2.45, 2.75) is 26.2 Å². The third-order valence-corrected chi connectivity index (χ3v) is 3.82. The lowest BCUT2D eigenvalue weighted by molar-refractivity contribution is -0.147. The van der Waals surface area contributed by atoms with E-state index in [0.717, 1.165) is 6.54 Å². The smallest absolute Gasteiger partial charge is 0.319 e. The van der Waals surface area contributed by atoms with E-state index in [-0.39, 0.29) is 6.03 Å². The minimum absolute atomic E-state index is 0.0260. The highest BCUT2D eigenvalue weighted by molar-refractivity contribution is 5.79. The van der Waals surface area contributed by atoms with Gasteiger partial charge in [0, 0.05) is 26.7 Å². The molecule has 1 saturated heterocycles. The van der Waals surface area contributed by atoms with Crippen LogP contribution in [-0.2, 0) is 4.79 Å². The van der Waals surface area contributed by atoms with Gasteiger partial charge in [0.1, 0.15) is 0 Å². The van der Waals surface area contributed by atoms with Crippen LogP contribution in [0.2, 0.25) is 0 Å². The first-order valence-corrected chi connectivity index (χ1v) is 6.16. The summed E-state index contributed by atoms with van der Waals surface area (Å²) in [6.07, 6.45) is 2.97. The summed E-state index contributed by atoms with van der Waals surface area (Å²) in [7, 11) is 1.80. The molecule has 2 amide bonds. The molecule has 2 fully saturated rings. The van der Waals surface area contributed by atoms with Crippen LogP contribution < -0.4 is 0 Å². The van der Waals surface area contributed by atoms with Crippen LogP contribution >= 0.6 is 0 Å².